The van der Waals surface area contributed by atoms with Crippen LogP contribution in [0.1, 0.15) is 44.6 Å². The van der Waals surface area contributed by atoms with Gasteiger partial charge in [-0.2, -0.15) is 0 Å². The van der Waals surface area contributed by atoms with Gasteiger partial charge in [-0.05, 0) is 65.9 Å². The molecule has 0 radical (unpaired) electrons. The fourth-order valence-electron chi connectivity index (χ4n) is 3.96. The van der Waals surface area contributed by atoms with Gasteiger partial charge < -0.3 is 9.64 Å². The Morgan fingerprint density at radius 2 is 2.00 bits per heavy atom. The Morgan fingerprint density at radius 1 is 1.16 bits per heavy atom. The van der Waals surface area contributed by atoms with Crippen LogP contribution in [-0.4, -0.2) is 38.9 Å². The van der Waals surface area contributed by atoms with Gasteiger partial charge in [-0.15, -0.1) is 22.7 Å². The first-order chi connectivity index (χ1) is 15.0. The molecule has 2 aliphatic rings. The Morgan fingerprint density at radius 3 is 2.71 bits per heavy atom. The second-order valence-corrected chi connectivity index (χ2v) is 11.4. The van der Waals surface area contributed by atoms with Crippen LogP contribution in [0.5, 0.6) is 5.75 Å². The summed E-state index contributed by atoms with van der Waals surface area (Å²) in [6, 6.07) is 10.6. The van der Waals surface area contributed by atoms with Crippen molar-refractivity contribution in [2.45, 2.75) is 36.2 Å². The SMILES string of the molecule is COc1ccc(C(=O)N2CCc3sccc3[C@@H]2c2cccs2)cc1S(=O)(=O)NC1CC1. The maximum absolute atomic E-state index is 13.6. The van der Waals surface area contributed by atoms with Gasteiger partial charge in [0, 0.05) is 27.9 Å². The number of nitrogens with zero attached hydrogens (tertiary/aromatic N) is 1. The Labute approximate surface area is 189 Å². The number of carbonyl (C=O) groups is 1. The van der Waals surface area contributed by atoms with Gasteiger partial charge >= 0.3 is 0 Å². The molecule has 0 unspecified atom stereocenters. The monoisotopic (exact) mass is 474 g/mol. The molecule has 0 bridgehead atoms. The summed E-state index contributed by atoms with van der Waals surface area (Å²) in [6.45, 7) is 0.587. The molecule has 1 amide bonds. The summed E-state index contributed by atoms with van der Waals surface area (Å²) in [7, 11) is -2.33. The highest BCUT2D eigenvalue weighted by Gasteiger charge is 2.35. The molecule has 1 aromatic carbocycles. The minimum Gasteiger partial charge on any atom is -0.495 e. The van der Waals surface area contributed by atoms with E-state index >= 15 is 0 Å². The molecule has 1 N–H and O–H groups in total. The van der Waals surface area contributed by atoms with Gasteiger partial charge in [0.05, 0.1) is 13.2 Å². The molecule has 1 fully saturated rings. The summed E-state index contributed by atoms with van der Waals surface area (Å²) in [5.41, 5.74) is 1.50. The van der Waals surface area contributed by atoms with Crippen molar-refractivity contribution in [2.24, 2.45) is 0 Å². The number of amides is 1. The second kappa shape index (κ2) is 8.05. The Bertz CT molecular complexity index is 1210. The zero-order valence-electron chi connectivity index (χ0n) is 16.9. The zero-order valence-corrected chi connectivity index (χ0v) is 19.4. The number of ether oxygens (including phenoxy) is 1. The number of benzene rings is 1. The maximum Gasteiger partial charge on any atom is 0.254 e. The molecule has 9 heteroatoms. The lowest BCUT2D eigenvalue weighted by Crippen LogP contribution is -2.39. The van der Waals surface area contributed by atoms with Crippen LogP contribution in [0, 0.1) is 0 Å². The van der Waals surface area contributed by atoms with E-state index in [9.17, 15) is 13.2 Å². The maximum atomic E-state index is 13.6. The Hall–Kier alpha value is -2.20. The van der Waals surface area contributed by atoms with Crippen LogP contribution in [-0.2, 0) is 16.4 Å². The van der Waals surface area contributed by atoms with Gasteiger partial charge in [-0.1, -0.05) is 6.07 Å². The van der Waals surface area contributed by atoms with Crippen LogP contribution in [0.25, 0.3) is 0 Å². The van der Waals surface area contributed by atoms with E-state index in [1.165, 1.54) is 18.1 Å². The molecule has 31 heavy (non-hydrogen) atoms. The van der Waals surface area contributed by atoms with Crippen LogP contribution < -0.4 is 9.46 Å². The van der Waals surface area contributed by atoms with Gasteiger partial charge in [0.25, 0.3) is 5.91 Å². The molecule has 6 nitrogen and oxygen atoms in total. The first-order valence-corrected chi connectivity index (χ1v) is 13.3. The lowest BCUT2D eigenvalue weighted by Gasteiger charge is -2.35. The number of hydrogen-bond donors (Lipinski definition) is 1. The topological polar surface area (TPSA) is 75.7 Å². The smallest absolute Gasteiger partial charge is 0.254 e. The lowest BCUT2D eigenvalue weighted by atomic mass is 9.97. The van der Waals surface area contributed by atoms with Gasteiger partial charge in [0.15, 0.2) is 0 Å². The fraction of sp³-hybridized carbons (Fsp3) is 0.318. The molecule has 1 saturated carbocycles. The number of sulfonamides is 1. The van der Waals surface area contributed by atoms with Gasteiger partial charge in [-0.3, -0.25) is 4.79 Å². The number of carbonyl (C=O) groups excluding carboxylic acids is 1. The van der Waals surface area contributed by atoms with Crippen LogP contribution in [0.15, 0.2) is 52.1 Å². The number of nitrogens with one attached hydrogen (secondary N) is 1. The van der Waals surface area contributed by atoms with Crippen molar-refractivity contribution in [3.8, 4) is 5.75 Å². The molecule has 3 heterocycles. The van der Waals surface area contributed by atoms with E-state index in [1.807, 2.05) is 22.4 Å². The highest BCUT2D eigenvalue weighted by Crippen LogP contribution is 2.40. The van der Waals surface area contributed by atoms with Crippen molar-refractivity contribution in [2.75, 3.05) is 13.7 Å². The summed E-state index contributed by atoms with van der Waals surface area (Å²) < 4.78 is 33.7. The van der Waals surface area contributed by atoms with Gasteiger partial charge in [-0.25, -0.2) is 13.1 Å². The first-order valence-electron chi connectivity index (χ1n) is 10.1. The summed E-state index contributed by atoms with van der Waals surface area (Å²) in [4.78, 5) is 17.9. The summed E-state index contributed by atoms with van der Waals surface area (Å²) in [5.74, 6) is 0.0547. The van der Waals surface area contributed by atoms with E-state index < -0.39 is 10.0 Å². The van der Waals surface area contributed by atoms with E-state index in [0.717, 1.165) is 29.7 Å². The minimum absolute atomic E-state index is 0.00801. The average molecular weight is 475 g/mol. The van der Waals surface area contributed by atoms with Gasteiger partial charge in [0.1, 0.15) is 10.6 Å². The molecule has 1 aliphatic carbocycles. The highest BCUT2D eigenvalue weighted by atomic mass is 32.2. The summed E-state index contributed by atoms with van der Waals surface area (Å²) >= 11 is 3.35. The third-order valence-electron chi connectivity index (χ3n) is 5.64. The third kappa shape index (κ3) is 3.91. The van der Waals surface area contributed by atoms with Gasteiger partial charge in [0.2, 0.25) is 10.0 Å². The van der Waals surface area contributed by atoms with Crippen molar-refractivity contribution in [3.05, 3.63) is 68.0 Å². The van der Waals surface area contributed by atoms with E-state index in [0.29, 0.717) is 12.1 Å². The standard InChI is InChI=1S/C22H22N2O4S3/c1-28-17-7-4-14(13-20(17)31(26,27)23-15-5-6-15)22(25)24-10-8-18-16(9-12-30-18)21(24)19-3-2-11-29-19/h2-4,7,9,11-13,15,21,23H,5-6,8,10H2,1H3/t21-/m1/s1. The van der Waals surface area contributed by atoms with Crippen LogP contribution in [0.2, 0.25) is 0 Å². The van der Waals surface area contributed by atoms with E-state index in [2.05, 4.69) is 16.2 Å². The van der Waals surface area contributed by atoms with Crippen molar-refractivity contribution in [1.82, 2.24) is 9.62 Å². The molecule has 1 atom stereocenters. The van der Waals surface area contributed by atoms with E-state index in [1.54, 1.807) is 34.8 Å². The molecule has 0 saturated heterocycles. The minimum atomic E-state index is -3.76. The van der Waals surface area contributed by atoms with Crippen LogP contribution >= 0.6 is 22.7 Å². The predicted molar refractivity (Wildman–Crippen MR) is 122 cm³/mol. The van der Waals surface area contributed by atoms with E-state index in [-0.39, 0.29) is 28.6 Å². The van der Waals surface area contributed by atoms with Crippen molar-refractivity contribution in [3.63, 3.8) is 0 Å². The lowest BCUT2D eigenvalue weighted by molar-refractivity contribution is 0.0698. The van der Waals surface area contributed by atoms with Crippen LogP contribution in [0.4, 0.5) is 0 Å². The molecule has 0 spiro atoms. The van der Waals surface area contributed by atoms with E-state index in [4.69, 9.17) is 4.74 Å². The zero-order chi connectivity index (χ0) is 21.6. The number of methoxy groups -OCH3 is 1. The quantitative estimate of drug-likeness (QED) is 0.585. The first kappa shape index (κ1) is 20.7. The molecule has 162 valence electrons. The summed E-state index contributed by atoms with van der Waals surface area (Å²) in [5, 5.41) is 4.08. The summed E-state index contributed by atoms with van der Waals surface area (Å²) in [6.07, 6.45) is 2.46. The molecule has 2 aromatic heterocycles. The van der Waals surface area contributed by atoms with Crippen LogP contribution in [0.3, 0.4) is 0 Å². The Balaban J connectivity index is 1.53. The van der Waals surface area contributed by atoms with Crippen molar-refractivity contribution < 1.29 is 17.9 Å². The third-order valence-corrected chi connectivity index (χ3v) is 9.10. The largest absolute Gasteiger partial charge is 0.495 e. The molecule has 5 rings (SSSR count). The molecular weight excluding hydrogens is 452 g/mol. The Kier molecular flexibility index (Phi) is 5.37. The highest BCUT2D eigenvalue weighted by molar-refractivity contribution is 7.89. The molecule has 1 aliphatic heterocycles. The average Bonchev–Trinajstić information content (AvgIpc) is 3.21. The van der Waals surface area contributed by atoms with Crippen molar-refractivity contribution in [1.29, 1.82) is 0 Å². The number of rotatable bonds is 6. The number of hydrogen-bond acceptors (Lipinski definition) is 6. The number of thiophene rings is 2. The fourth-order valence-corrected chi connectivity index (χ4v) is 7.22. The normalized spacial score (nSPS) is 18.6. The van der Waals surface area contributed by atoms with Crippen molar-refractivity contribution >= 4 is 38.6 Å². The molecule has 3 aromatic rings. The molecular formula is C22H22N2O4S3. The second-order valence-electron chi connectivity index (χ2n) is 7.73. The number of fused-ring (bicyclic) bond motifs is 1. The predicted octanol–water partition coefficient (Wildman–Crippen LogP) is 4.05.